The summed E-state index contributed by atoms with van der Waals surface area (Å²) in [4.78, 5) is 31.0. The first kappa shape index (κ1) is 16.8. The highest BCUT2D eigenvalue weighted by Crippen LogP contribution is 2.16. The minimum atomic E-state index is 0.0811. The summed E-state index contributed by atoms with van der Waals surface area (Å²) in [7, 11) is 0. The number of benzene rings is 1. The van der Waals surface area contributed by atoms with Crippen molar-refractivity contribution >= 4 is 11.9 Å². The van der Waals surface area contributed by atoms with E-state index in [9.17, 15) is 9.59 Å². The van der Waals surface area contributed by atoms with Gasteiger partial charge in [-0.3, -0.25) is 4.79 Å². The fourth-order valence-electron chi connectivity index (χ4n) is 3.61. The molecule has 1 aromatic carbocycles. The molecular formula is C19H27N3O2. The van der Waals surface area contributed by atoms with Gasteiger partial charge in [-0.2, -0.15) is 0 Å². The SMILES string of the molecule is Cc1ccc(C(=O)N2CCN(C(=O)N3CCCCC3)CC2)c(C)c1. The lowest BCUT2D eigenvalue weighted by Crippen LogP contribution is -2.54. The van der Waals surface area contributed by atoms with Gasteiger partial charge in [0, 0.05) is 44.8 Å². The zero-order valence-corrected chi connectivity index (χ0v) is 14.8. The highest BCUT2D eigenvalue weighted by molar-refractivity contribution is 5.95. The molecule has 0 aliphatic carbocycles. The van der Waals surface area contributed by atoms with Crippen molar-refractivity contribution in [2.24, 2.45) is 0 Å². The Balaban J connectivity index is 1.58. The molecule has 0 aromatic heterocycles. The Kier molecular flexibility index (Phi) is 5.07. The third-order valence-electron chi connectivity index (χ3n) is 5.08. The normalized spacial score (nSPS) is 18.7. The predicted molar refractivity (Wildman–Crippen MR) is 94.2 cm³/mol. The summed E-state index contributed by atoms with van der Waals surface area (Å²) in [5.41, 5.74) is 2.96. The number of likely N-dealkylation sites (tertiary alicyclic amines) is 1. The summed E-state index contributed by atoms with van der Waals surface area (Å²) in [6.45, 7) is 8.26. The maximum atomic E-state index is 12.7. The van der Waals surface area contributed by atoms with E-state index in [1.165, 1.54) is 12.0 Å². The molecule has 0 unspecified atom stereocenters. The molecule has 3 amide bonds. The van der Waals surface area contributed by atoms with Crippen molar-refractivity contribution in [3.63, 3.8) is 0 Å². The first-order valence-electron chi connectivity index (χ1n) is 8.96. The largest absolute Gasteiger partial charge is 0.335 e. The van der Waals surface area contributed by atoms with E-state index < -0.39 is 0 Å². The van der Waals surface area contributed by atoms with Crippen LogP contribution in [-0.2, 0) is 0 Å². The topological polar surface area (TPSA) is 43.9 Å². The Morgan fingerprint density at radius 3 is 2.00 bits per heavy atom. The average Bonchev–Trinajstić information content (AvgIpc) is 2.61. The van der Waals surface area contributed by atoms with Gasteiger partial charge < -0.3 is 14.7 Å². The van der Waals surface area contributed by atoms with Crippen molar-refractivity contribution in [2.75, 3.05) is 39.3 Å². The lowest BCUT2D eigenvalue weighted by molar-refractivity contribution is 0.0632. The standard InChI is InChI=1S/C19H27N3O2/c1-15-6-7-17(16(2)14-15)18(23)20-10-12-22(13-11-20)19(24)21-8-4-3-5-9-21/h6-7,14H,3-5,8-13H2,1-2H3. The smallest absolute Gasteiger partial charge is 0.320 e. The quantitative estimate of drug-likeness (QED) is 0.795. The zero-order valence-electron chi connectivity index (χ0n) is 14.8. The maximum Gasteiger partial charge on any atom is 0.320 e. The molecule has 0 atom stereocenters. The van der Waals surface area contributed by atoms with Gasteiger partial charge in [0.2, 0.25) is 0 Å². The van der Waals surface area contributed by atoms with Crippen LogP contribution in [0.2, 0.25) is 0 Å². The number of carbonyl (C=O) groups excluding carboxylic acids is 2. The molecule has 0 saturated carbocycles. The van der Waals surface area contributed by atoms with Crippen molar-refractivity contribution in [3.8, 4) is 0 Å². The number of nitrogens with zero attached hydrogens (tertiary/aromatic N) is 3. The van der Waals surface area contributed by atoms with Gasteiger partial charge in [0.1, 0.15) is 0 Å². The Hall–Kier alpha value is -2.04. The van der Waals surface area contributed by atoms with Crippen molar-refractivity contribution in [1.82, 2.24) is 14.7 Å². The summed E-state index contributed by atoms with van der Waals surface area (Å²) < 4.78 is 0. The third-order valence-corrected chi connectivity index (χ3v) is 5.08. The van der Waals surface area contributed by atoms with E-state index >= 15 is 0 Å². The molecule has 24 heavy (non-hydrogen) atoms. The van der Waals surface area contributed by atoms with E-state index in [1.54, 1.807) is 0 Å². The number of hydrogen-bond donors (Lipinski definition) is 0. The van der Waals surface area contributed by atoms with Gasteiger partial charge in [0.05, 0.1) is 0 Å². The number of carbonyl (C=O) groups is 2. The molecule has 2 saturated heterocycles. The van der Waals surface area contributed by atoms with Crippen molar-refractivity contribution in [1.29, 1.82) is 0 Å². The van der Waals surface area contributed by atoms with Crippen LogP contribution in [0.3, 0.4) is 0 Å². The monoisotopic (exact) mass is 329 g/mol. The number of urea groups is 1. The maximum absolute atomic E-state index is 12.7. The first-order valence-corrected chi connectivity index (χ1v) is 8.96. The second-order valence-corrected chi connectivity index (χ2v) is 6.93. The van der Waals surface area contributed by atoms with Crippen molar-refractivity contribution < 1.29 is 9.59 Å². The van der Waals surface area contributed by atoms with Crippen molar-refractivity contribution in [3.05, 3.63) is 34.9 Å². The van der Waals surface area contributed by atoms with Gasteiger partial charge in [0.15, 0.2) is 0 Å². The molecule has 1 aromatic rings. The van der Waals surface area contributed by atoms with Gasteiger partial charge in [-0.15, -0.1) is 0 Å². The van der Waals surface area contributed by atoms with Gasteiger partial charge in [-0.1, -0.05) is 17.7 Å². The molecule has 2 aliphatic rings. The Bertz CT molecular complexity index is 615. The minimum Gasteiger partial charge on any atom is -0.335 e. The molecule has 130 valence electrons. The number of aryl methyl sites for hydroxylation is 2. The van der Waals surface area contributed by atoms with E-state index in [0.29, 0.717) is 26.2 Å². The molecular weight excluding hydrogens is 302 g/mol. The summed E-state index contributed by atoms with van der Waals surface area (Å²) >= 11 is 0. The van der Waals surface area contributed by atoms with E-state index in [1.807, 2.05) is 46.7 Å². The molecule has 5 nitrogen and oxygen atoms in total. The molecule has 3 rings (SSSR count). The first-order chi connectivity index (χ1) is 11.6. The highest BCUT2D eigenvalue weighted by atomic mass is 16.2. The van der Waals surface area contributed by atoms with Crippen LogP contribution in [0.15, 0.2) is 18.2 Å². The molecule has 2 fully saturated rings. The molecule has 5 heteroatoms. The van der Waals surface area contributed by atoms with Gasteiger partial charge in [0.25, 0.3) is 5.91 Å². The molecule has 0 N–H and O–H groups in total. The van der Waals surface area contributed by atoms with E-state index in [0.717, 1.165) is 37.1 Å². The number of rotatable bonds is 1. The Labute approximate surface area is 144 Å². The van der Waals surface area contributed by atoms with Crippen molar-refractivity contribution in [2.45, 2.75) is 33.1 Å². The van der Waals surface area contributed by atoms with E-state index in [-0.39, 0.29) is 11.9 Å². The van der Waals surface area contributed by atoms with Crippen LogP contribution >= 0.6 is 0 Å². The zero-order chi connectivity index (χ0) is 17.1. The van der Waals surface area contributed by atoms with Crippen LogP contribution in [0.5, 0.6) is 0 Å². The number of hydrogen-bond acceptors (Lipinski definition) is 2. The summed E-state index contributed by atoms with van der Waals surface area (Å²) in [5, 5.41) is 0. The Morgan fingerprint density at radius 1 is 0.792 bits per heavy atom. The molecule has 2 heterocycles. The highest BCUT2D eigenvalue weighted by Gasteiger charge is 2.28. The average molecular weight is 329 g/mol. The summed E-state index contributed by atoms with van der Waals surface area (Å²) in [6, 6.07) is 6.09. The summed E-state index contributed by atoms with van der Waals surface area (Å²) in [6.07, 6.45) is 3.44. The fraction of sp³-hybridized carbons (Fsp3) is 0.579. The predicted octanol–water partition coefficient (Wildman–Crippen LogP) is 2.67. The van der Waals surface area contributed by atoms with Crippen LogP contribution in [0.25, 0.3) is 0 Å². The molecule has 2 aliphatic heterocycles. The van der Waals surface area contributed by atoms with Crippen LogP contribution < -0.4 is 0 Å². The van der Waals surface area contributed by atoms with Gasteiger partial charge in [-0.25, -0.2) is 4.79 Å². The molecule has 0 radical (unpaired) electrons. The Morgan fingerprint density at radius 2 is 1.38 bits per heavy atom. The summed E-state index contributed by atoms with van der Waals surface area (Å²) in [5.74, 6) is 0.0811. The van der Waals surface area contributed by atoms with E-state index in [2.05, 4.69) is 0 Å². The number of piperazine rings is 1. The lowest BCUT2D eigenvalue weighted by Gasteiger charge is -2.38. The van der Waals surface area contributed by atoms with Gasteiger partial charge in [-0.05, 0) is 44.7 Å². The van der Waals surface area contributed by atoms with E-state index in [4.69, 9.17) is 0 Å². The third kappa shape index (κ3) is 3.55. The lowest BCUT2D eigenvalue weighted by atomic mass is 10.0. The molecule has 0 bridgehead atoms. The number of amides is 3. The van der Waals surface area contributed by atoms with Gasteiger partial charge >= 0.3 is 6.03 Å². The number of piperidine rings is 1. The minimum absolute atomic E-state index is 0.0811. The van der Waals surface area contributed by atoms with Crippen LogP contribution in [0.4, 0.5) is 4.79 Å². The van der Waals surface area contributed by atoms with Crippen LogP contribution in [0.1, 0.15) is 40.7 Å². The molecule has 0 spiro atoms. The second kappa shape index (κ2) is 7.24. The van der Waals surface area contributed by atoms with Crippen LogP contribution in [-0.4, -0.2) is 65.9 Å². The fourth-order valence-corrected chi connectivity index (χ4v) is 3.61. The second-order valence-electron chi connectivity index (χ2n) is 6.93. The van der Waals surface area contributed by atoms with Crippen LogP contribution in [0, 0.1) is 13.8 Å².